The van der Waals surface area contributed by atoms with Gasteiger partial charge in [-0.1, -0.05) is 38.3 Å². The molecule has 1 aromatic carbocycles. The summed E-state index contributed by atoms with van der Waals surface area (Å²) >= 11 is 0. The third-order valence-corrected chi connectivity index (χ3v) is 6.07. The Hall–Kier alpha value is -2.02. The van der Waals surface area contributed by atoms with Crippen molar-refractivity contribution < 1.29 is 4.39 Å². The van der Waals surface area contributed by atoms with Gasteiger partial charge >= 0.3 is 0 Å². The minimum Gasteiger partial charge on any atom is -0.367 e. The highest BCUT2D eigenvalue weighted by Gasteiger charge is 2.30. The fourth-order valence-corrected chi connectivity index (χ4v) is 4.59. The van der Waals surface area contributed by atoms with Crippen molar-refractivity contribution >= 4 is 5.69 Å². The molecule has 1 aromatic heterocycles. The summed E-state index contributed by atoms with van der Waals surface area (Å²) in [5.74, 6) is 0.864. The highest BCUT2D eigenvalue weighted by atomic mass is 19.1. The van der Waals surface area contributed by atoms with Crippen molar-refractivity contribution in [1.82, 2.24) is 25.1 Å². The number of tetrazole rings is 1. The van der Waals surface area contributed by atoms with Crippen LogP contribution in [0.5, 0.6) is 0 Å². The van der Waals surface area contributed by atoms with Crippen molar-refractivity contribution in [2.45, 2.75) is 57.5 Å². The number of aromatic nitrogens is 4. The molecular weight excluding hydrogens is 343 g/mol. The lowest BCUT2D eigenvalue weighted by atomic mass is 9.95. The molecule has 1 saturated carbocycles. The third-order valence-electron chi connectivity index (χ3n) is 6.07. The minimum atomic E-state index is -0.140. The predicted molar refractivity (Wildman–Crippen MR) is 103 cm³/mol. The minimum absolute atomic E-state index is 0.140. The smallest absolute Gasteiger partial charge is 0.168 e. The molecule has 1 atom stereocenters. The fourth-order valence-electron chi connectivity index (χ4n) is 4.59. The van der Waals surface area contributed by atoms with Crippen LogP contribution in [-0.4, -0.2) is 51.3 Å². The zero-order chi connectivity index (χ0) is 18.6. The third kappa shape index (κ3) is 3.83. The topological polar surface area (TPSA) is 50.1 Å². The van der Waals surface area contributed by atoms with Gasteiger partial charge in [-0.2, -0.15) is 0 Å². The molecule has 1 saturated heterocycles. The number of anilines is 1. The second kappa shape index (κ2) is 8.33. The molecule has 0 amide bonds. The van der Waals surface area contributed by atoms with Crippen molar-refractivity contribution in [3.63, 3.8) is 0 Å². The van der Waals surface area contributed by atoms with E-state index in [1.54, 1.807) is 6.07 Å². The second-order valence-corrected chi connectivity index (χ2v) is 7.67. The van der Waals surface area contributed by atoms with E-state index in [1.165, 1.54) is 38.2 Å². The number of benzene rings is 1. The number of piperazine rings is 1. The Balaban J connectivity index is 1.46. The SMILES string of the molecule is CC[C@@H](c1nnnn1C1CCCCC1)N1CCN(c2ccccc2F)CC1. The Morgan fingerprint density at radius 2 is 1.81 bits per heavy atom. The standard InChI is InChI=1S/C20H29FN6/c1-2-18(20-22-23-24-27(20)16-8-4-3-5-9-16)25-12-14-26(15-13-25)19-11-7-6-10-17(19)21/h6-7,10-11,16,18H,2-5,8-9,12-15H2,1H3/t18-/m0/s1. The van der Waals surface area contributed by atoms with E-state index in [4.69, 9.17) is 0 Å². The largest absolute Gasteiger partial charge is 0.367 e. The van der Waals surface area contributed by atoms with E-state index < -0.39 is 0 Å². The van der Waals surface area contributed by atoms with Crippen molar-refractivity contribution in [2.24, 2.45) is 0 Å². The van der Waals surface area contributed by atoms with E-state index in [2.05, 4.69) is 36.9 Å². The molecule has 1 aliphatic heterocycles. The number of halogens is 1. The highest BCUT2D eigenvalue weighted by molar-refractivity contribution is 5.48. The average molecular weight is 372 g/mol. The lowest BCUT2D eigenvalue weighted by Crippen LogP contribution is -2.48. The van der Waals surface area contributed by atoms with Crippen LogP contribution in [0, 0.1) is 5.82 Å². The molecule has 146 valence electrons. The number of hydrogen-bond acceptors (Lipinski definition) is 5. The van der Waals surface area contributed by atoms with Crippen LogP contribution < -0.4 is 4.90 Å². The van der Waals surface area contributed by atoms with Crippen LogP contribution in [0.3, 0.4) is 0 Å². The van der Waals surface area contributed by atoms with E-state index >= 15 is 0 Å². The Morgan fingerprint density at radius 3 is 2.52 bits per heavy atom. The molecule has 7 heteroatoms. The van der Waals surface area contributed by atoms with E-state index in [0.29, 0.717) is 11.7 Å². The maximum absolute atomic E-state index is 14.1. The maximum Gasteiger partial charge on any atom is 0.168 e. The first-order valence-electron chi connectivity index (χ1n) is 10.3. The zero-order valence-electron chi connectivity index (χ0n) is 16.1. The molecule has 0 unspecified atom stereocenters. The highest BCUT2D eigenvalue weighted by Crippen LogP contribution is 2.32. The molecule has 4 rings (SSSR count). The first kappa shape index (κ1) is 18.3. The first-order chi connectivity index (χ1) is 13.3. The van der Waals surface area contributed by atoms with Crippen molar-refractivity contribution in [2.75, 3.05) is 31.1 Å². The van der Waals surface area contributed by atoms with Crippen molar-refractivity contribution in [1.29, 1.82) is 0 Å². The van der Waals surface area contributed by atoms with Crippen LogP contribution in [0.1, 0.15) is 63.4 Å². The zero-order valence-corrected chi connectivity index (χ0v) is 16.1. The monoisotopic (exact) mass is 372 g/mol. The summed E-state index contributed by atoms with van der Waals surface area (Å²) in [4.78, 5) is 4.60. The summed E-state index contributed by atoms with van der Waals surface area (Å²) in [5, 5.41) is 12.8. The quantitative estimate of drug-likeness (QED) is 0.803. The molecule has 2 aliphatic rings. The van der Waals surface area contributed by atoms with Gasteiger partial charge in [-0.25, -0.2) is 9.07 Å². The molecule has 2 aromatic rings. The van der Waals surface area contributed by atoms with E-state index in [-0.39, 0.29) is 11.9 Å². The van der Waals surface area contributed by atoms with E-state index in [1.807, 2.05) is 12.1 Å². The van der Waals surface area contributed by atoms with Gasteiger partial charge in [0.15, 0.2) is 5.82 Å². The Kier molecular flexibility index (Phi) is 5.66. The van der Waals surface area contributed by atoms with Gasteiger partial charge in [0.1, 0.15) is 5.82 Å². The van der Waals surface area contributed by atoms with Crippen LogP contribution in [0.15, 0.2) is 24.3 Å². The molecular formula is C20H29FN6. The predicted octanol–water partition coefficient (Wildman–Crippen LogP) is 3.59. The van der Waals surface area contributed by atoms with Gasteiger partial charge in [0.2, 0.25) is 0 Å². The van der Waals surface area contributed by atoms with Gasteiger partial charge in [-0.3, -0.25) is 4.90 Å². The second-order valence-electron chi connectivity index (χ2n) is 7.67. The fraction of sp³-hybridized carbons (Fsp3) is 0.650. The molecule has 0 radical (unpaired) electrons. The summed E-state index contributed by atoms with van der Waals surface area (Å²) in [6, 6.07) is 7.72. The van der Waals surface area contributed by atoms with Crippen LogP contribution in [0.2, 0.25) is 0 Å². The first-order valence-corrected chi connectivity index (χ1v) is 10.3. The lowest BCUT2D eigenvalue weighted by Gasteiger charge is -2.40. The van der Waals surface area contributed by atoms with Crippen molar-refractivity contribution in [3.8, 4) is 0 Å². The van der Waals surface area contributed by atoms with E-state index in [0.717, 1.165) is 38.4 Å². The number of hydrogen-bond donors (Lipinski definition) is 0. The molecule has 0 bridgehead atoms. The summed E-state index contributed by atoms with van der Waals surface area (Å²) in [5.41, 5.74) is 0.706. The van der Waals surface area contributed by atoms with Gasteiger partial charge < -0.3 is 4.90 Å². The maximum atomic E-state index is 14.1. The summed E-state index contributed by atoms with van der Waals surface area (Å²) < 4.78 is 16.2. The van der Waals surface area contributed by atoms with Gasteiger partial charge in [0, 0.05) is 26.2 Å². The van der Waals surface area contributed by atoms with Gasteiger partial charge in [0.25, 0.3) is 0 Å². The molecule has 1 aliphatic carbocycles. The number of para-hydroxylation sites is 1. The summed E-state index contributed by atoms with van der Waals surface area (Å²) in [6.07, 6.45) is 7.19. The number of nitrogens with zero attached hydrogens (tertiary/aromatic N) is 6. The molecule has 6 nitrogen and oxygen atoms in total. The van der Waals surface area contributed by atoms with Crippen LogP contribution in [0.25, 0.3) is 0 Å². The van der Waals surface area contributed by atoms with Crippen molar-refractivity contribution in [3.05, 3.63) is 35.9 Å². The summed E-state index contributed by atoms with van der Waals surface area (Å²) in [6.45, 7) is 5.63. The van der Waals surface area contributed by atoms with Crippen LogP contribution in [0.4, 0.5) is 10.1 Å². The van der Waals surface area contributed by atoms with Crippen LogP contribution in [-0.2, 0) is 0 Å². The van der Waals surface area contributed by atoms with E-state index in [9.17, 15) is 4.39 Å². The molecule has 2 fully saturated rings. The van der Waals surface area contributed by atoms with Crippen LogP contribution >= 0.6 is 0 Å². The van der Waals surface area contributed by atoms with Gasteiger partial charge in [-0.15, -0.1) is 5.10 Å². The molecule has 27 heavy (non-hydrogen) atoms. The Labute approximate surface area is 160 Å². The Bertz CT molecular complexity index is 734. The average Bonchev–Trinajstić information content (AvgIpc) is 3.20. The molecule has 2 heterocycles. The lowest BCUT2D eigenvalue weighted by molar-refractivity contribution is 0.163. The molecule has 0 spiro atoms. The molecule has 0 N–H and O–H groups in total. The van der Waals surface area contributed by atoms with Gasteiger partial charge in [0.05, 0.1) is 17.8 Å². The van der Waals surface area contributed by atoms with Gasteiger partial charge in [-0.05, 0) is 41.8 Å². The summed E-state index contributed by atoms with van der Waals surface area (Å²) in [7, 11) is 0. The normalized spacial score (nSPS) is 20.7. The Morgan fingerprint density at radius 1 is 1.07 bits per heavy atom. The number of rotatable bonds is 5.